The smallest absolute Gasteiger partial charge is 0.0589 e. The highest BCUT2D eigenvalue weighted by Crippen LogP contribution is 2.27. The van der Waals surface area contributed by atoms with Crippen LogP contribution in [0.1, 0.15) is 45.4 Å². The molecule has 1 fully saturated rings. The van der Waals surface area contributed by atoms with Gasteiger partial charge in [0.1, 0.15) is 0 Å². The maximum atomic E-state index is 5.27. The molecule has 0 radical (unpaired) electrons. The Kier molecular flexibility index (Phi) is 11.1. The SMILES string of the molecule is CCNC(CN(CCCOC)CCOC)C1CCCCC1. The summed E-state index contributed by atoms with van der Waals surface area (Å²) in [6.45, 7) is 8.22. The van der Waals surface area contributed by atoms with E-state index in [0.29, 0.717) is 6.04 Å². The van der Waals surface area contributed by atoms with Gasteiger partial charge in [0.25, 0.3) is 0 Å². The first-order valence-electron chi connectivity index (χ1n) is 8.75. The Balaban J connectivity index is 2.47. The molecule has 0 saturated heterocycles. The highest BCUT2D eigenvalue weighted by Gasteiger charge is 2.24. The van der Waals surface area contributed by atoms with E-state index in [1.165, 1.54) is 32.1 Å². The minimum Gasteiger partial charge on any atom is -0.385 e. The van der Waals surface area contributed by atoms with Crippen LogP contribution in [-0.4, -0.2) is 64.6 Å². The van der Waals surface area contributed by atoms with Gasteiger partial charge in [0.15, 0.2) is 0 Å². The predicted molar refractivity (Wildman–Crippen MR) is 88.8 cm³/mol. The van der Waals surface area contributed by atoms with Crippen molar-refractivity contribution in [3.05, 3.63) is 0 Å². The summed E-state index contributed by atoms with van der Waals surface area (Å²) in [6.07, 6.45) is 8.14. The molecule has 0 bridgehead atoms. The monoisotopic (exact) mass is 300 g/mol. The van der Waals surface area contributed by atoms with Crippen molar-refractivity contribution in [2.75, 3.05) is 53.6 Å². The standard InChI is InChI=1S/C17H36N2O2/c1-4-18-17(16-9-6-5-7-10-16)15-19(12-14-21-3)11-8-13-20-2/h16-18H,4-15H2,1-3H3. The summed E-state index contributed by atoms with van der Waals surface area (Å²) in [5.41, 5.74) is 0. The molecule has 1 atom stereocenters. The number of methoxy groups -OCH3 is 2. The average molecular weight is 300 g/mol. The molecule has 126 valence electrons. The van der Waals surface area contributed by atoms with Gasteiger partial charge in [-0.05, 0) is 31.7 Å². The highest BCUT2D eigenvalue weighted by molar-refractivity contribution is 4.82. The molecule has 1 rings (SSSR count). The zero-order valence-electron chi connectivity index (χ0n) is 14.4. The average Bonchev–Trinajstić information content (AvgIpc) is 2.52. The van der Waals surface area contributed by atoms with Gasteiger partial charge in [-0.15, -0.1) is 0 Å². The van der Waals surface area contributed by atoms with Gasteiger partial charge >= 0.3 is 0 Å². The molecular weight excluding hydrogens is 264 g/mol. The van der Waals surface area contributed by atoms with E-state index in [2.05, 4.69) is 17.1 Å². The topological polar surface area (TPSA) is 33.7 Å². The van der Waals surface area contributed by atoms with Gasteiger partial charge in [0.2, 0.25) is 0 Å². The molecule has 0 aliphatic heterocycles. The number of hydrogen-bond donors (Lipinski definition) is 1. The molecule has 0 aromatic rings. The van der Waals surface area contributed by atoms with Crippen molar-refractivity contribution in [2.24, 2.45) is 5.92 Å². The second-order valence-corrected chi connectivity index (χ2v) is 6.20. The summed E-state index contributed by atoms with van der Waals surface area (Å²) < 4.78 is 10.5. The Morgan fingerprint density at radius 2 is 1.76 bits per heavy atom. The van der Waals surface area contributed by atoms with Crippen molar-refractivity contribution in [1.29, 1.82) is 0 Å². The summed E-state index contributed by atoms with van der Waals surface area (Å²) in [5, 5.41) is 3.74. The van der Waals surface area contributed by atoms with Crippen LogP contribution in [0, 0.1) is 5.92 Å². The van der Waals surface area contributed by atoms with Crippen molar-refractivity contribution in [1.82, 2.24) is 10.2 Å². The van der Waals surface area contributed by atoms with Crippen LogP contribution in [0.5, 0.6) is 0 Å². The predicted octanol–water partition coefficient (Wildman–Crippen LogP) is 2.53. The van der Waals surface area contributed by atoms with E-state index in [1.54, 1.807) is 14.2 Å². The molecule has 0 amide bonds. The third-order valence-corrected chi connectivity index (χ3v) is 4.57. The third kappa shape index (κ3) is 8.15. The summed E-state index contributed by atoms with van der Waals surface area (Å²) in [6, 6.07) is 0.634. The van der Waals surface area contributed by atoms with Crippen LogP contribution in [0.2, 0.25) is 0 Å². The van der Waals surface area contributed by atoms with Gasteiger partial charge in [0.05, 0.1) is 6.61 Å². The van der Waals surface area contributed by atoms with Crippen LogP contribution in [0.15, 0.2) is 0 Å². The lowest BCUT2D eigenvalue weighted by atomic mass is 9.83. The summed E-state index contributed by atoms with van der Waals surface area (Å²) in [7, 11) is 3.57. The van der Waals surface area contributed by atoms with Gasteiger partial charge in [-0.2, -0.15) is 0 Å². The molecule has 4 heteroatoms. The number of nitrogens with one attached hydrogen (secondary N) is 1. The fourth-order valence-electron chi connectivity index (χ4n) is 3.40. The van der Waals surface area contributed by atoms with E-state index in [4.69, 9.17) is 9.47 Å². The Bertz CT molecular complexity index is 233. The number of hydrogen-bond acceptors (Lipinski definition) is 4. The summed E-state index contributed by atoms with van der Waals surface area (Å²) in [5.74, 6) is 0.853. The zero-order valence-corrected chi connectivity index (χ0v) is 14.4. The van der Waals surface area contributed by atoms with Crippen LogP contribution in [0.25, 0.3) is 0 Å². The number of nitrogens with zero attached hydrogens (tertiary/aromatic N) is 1. The molecule has 4 nitrogen and oxygen atoms in total. The van der Waals surface area contributed by atoms with Gasteiger partial charge in [0, 0.05) is 46.5 Å². The lowest BCUT2D eigenvalue weighted by Crippen LogP contribution is -2.47. The molecule has 0 aromatic carbocycles. The first-order chi connectivity index (χ1) is 10.3. The van der Waals surface area contributed by atoms with E-state index in [0.717, 1.165) is 51.7 Å². The van der Waals surface area contributed by atoms with E-state index in [1.807, 2.05) is 0 Å². The first kappa shape index (κ1) is 18.9. The number of ether oxygens (including phenoxy) is 2. The molecular formula is C17H36N2O2. The number of likely N-dealkylation sites (N-methyl/N-ethyl adjacent to an activating group) is 1. The first-order valence-corrected chi connectivity index (χ1v) is 8.75. The molecule has 1 aliphatic carbocycles. The van der Waals surface area contributed by atoms with Crippen molar-refractivity contribution in [2.45, 2.75) is 51.5 Å². The van der Waals surface area contributed by atoms with Crippen LogP contribution >= 0.6 is 0 Å². The molecule has 1 saturated carbocycles. The fraction of sp³-hybridized carbons (Fsp3) is 1.00. The highest BCUT2D eigenvalue weighted by atomic mass is 16.5. The van der Waals surface area contributed by atoms with E-state index < -0.39 is 0 Å². The Labute approximate surface area is 131 Å². The van der Waals surface area contributed by atoms with Crippen molar-refractivity contribution < 1.29 is 9.47 Å². The third-order valence-electron chi connectivity index (χ3n) is 4.57. The maximum Gasteiger partial charge on any atom is 0.0589 e. The van der Waals surface area contributed by atoms with Gasteiger partial charge in [-0.3, -0.25) is 4.90 Å². The normalized spacial score (nSPS) is 18.3. The second-order valence-electron chi connectivity index (χ2n) is 6.20. The van der Waals surface area contributed by atoms with Gasteiger partial charge < -0.3 is 14.8 Å². The van der Waals surface area contributed by atoms with E-state index in [9.17, 15) is 0 Å². The zero-order chi connectivity index (χ0) is 15.3. The van der Waals surface area contributed by atoms with E-state index in [-0.39, 0.29) is 0 Å². The fourth-order valence-corrected chi connectivity index (χ4v) is 3.40. The Morgan fingerprint density at radius 1 is 1.05 bits per heavy atom. The lowest BCUT2D eigenvalue weighted by molar-refractivity contribution is 0.115. The maximum absolute atomic E-state index is 5.27. The van der Waals surface area contributed by atoms with Crippen LogP contribution in [0.4, 0.5) is 0 Å². The lowest BCUT2D eigenvalue weighted by Gasteiger charge is -2.35. The molecule has 0 spiro atoms. The molecule has 21 heavy (non-hydrogen) atoms. The molecule has 0 heterocycles. The summed E-state index contributed by atoms with van der Waals surface area (Å²) >= 11 is 0. The molecule has 0 aromatic heterocycles. The van der Waals surface area contributed by atoms with Gasteiger partial charge in [-0.25, -0.2) is 0 Å². The summed E-state index contributed by atoms with van der Waals surface area (Å²) in [4.78, 5) is 2.55. The molecule has 1 aliphatic rings. The Morgan fingerprint density at radius 3 is 2.38 bits per heavy atom. The minimum absolute atomic E-state index is 0.634. The second kappa shape index (κ2) is 12.4. The molecule has 1 unspecified atom stereocenters. The quantitative estimate of drug-likeness (QED) is 0.562. The van der Waals surface area contributed by atoms with Crippen molar-refractivity contribution in [3.8, 4) is 0 Å². The minimum atomic E-state index is 0.634. The molecule has 1 N–H and O–H groups in total. The Hall–Kier alpha value is -0.160. The van der Waals surface area contributed by atoms with Crippen LogP contribution in [0.3, 0.4) is 0 Å². The number of rotatable bonds is 12. The van der Waals surface area contributed by atoms with Gasteiger partial charge in [-0.1, -0.05) is 26.2 Å². The van der Waals surface area contributed by atoms with Crippen LogP contribution < -0.4 is 5.32 Å². The van der Waals surface area contributed by atoms with Crippen molar-refractivity contribution in [3.63, 3.8) is 0 Å². The van der Waals surface area contributed by atoms with Crippen molar-refractivity contribution >= 4 is 0 Å². The largest absolute Gasteiger partial charge is 0.385 e. The van der Waals surface area contributed by atoms with Crippen LogP contribution in [-0.2, 0) is 9.47 Å². The van der Waals surface area contributed by atoms with E-state index >= 15 is 0 Å².